The monoisotopic (exact) mass is 389 g/mol. The second-order valence-corrected chi connectivity index (χ2v) is 7.40. The summed E-state index contributed by atoms with van der Waals surface area (Å²) in [5, 5.41) is 0.923. The summed E-state index contributed by atoms with van der Waals surface area (Å²) in [6.07, 6.45) is 3.53. The Hall–Kier alpha value is -3.35. The topological polar surface area (TPSA) is 76.0 Å². The van der Waals surface area contributed by atoms with E-state index in [2.05, 4.69) is 21.5 Å². The average molecular weight is 389 g/mol. The normalized spacial score (nSPS) is 16.8. The number of benzene rings is 1. The van der Waals surface area contributed by atoms with Crippen LogP contribution < -0.4 is 4.74 Å². The average Bonchev–Trinajstić information content (AvgIpc) is 3.48. The minimum atomic E-state index is 0.0150. The first-order valence-corrected chi connectivity index (χ1v) is 9.96. The zero-order valence-corrected chi connectivity index (χ0v) is 16.6. The quantitative estimate of drug-likeness (QED) is 0.579. The summed E-state index contributed by atoms with van der Waals surface area (Å²) >= 11 is 0. The number of hydrogen-bond donors (Lipinski definition) is 1. The van der Waals surface area contributed by atoms with Crippen LogP contribution in [0.4, 0.5) is 0 Å². The van der Waals surface area contributed by atoms with Gasteiger partial charge in [-0.3, -0.25) is 4.79 Å². The lowest BCUT2D eigenvalue weighted by Crippen LogP contribution is -2.29. The van der Waals surface area contributed by atoms with Gasteiger partial charge in [0.2, 0.25) is 0 Å². The highest BCUT2D eigenvalue weighted by Gasteiger charge is 2.31. The molecular weight excluding hydrogens is 366 g/mol. The molecule has 1 aromatic carbocycles. The number of rotatable bonds is 4. The number of pyridine rings is 1. The molecule has 0 bridgehead atoms. The van der Waals surface area contributed by atoms with Gasteiger partial charge in [0, 0.05) is 36.6 Å². The number of carbonyl (C=O) groups is 1. The Kier molecular flexibility index (Phi) is 4.23. The third kappa shape index (κ3) is 2.85. The predicted octanol–water partition coefficient (Wildman–Crippen LogP) is 3.57. The highest BCUT2D eigenvalue weighted by molar-refractivity contribution is 5.99. The van der Waals surface area contributed by atoms with Gasteiger partial charge in [0.25, 0.3) is 5.91 Å². The Morgan fingerprint density at radius 2 is 2.21 bits per heavy atom. The summed E-state index contributed by atoms with van der Waals surface area (Å²) < 4.78 is 7.64. The highest BCUT2D eigenvalue weighted by atomic mass is 16.5. The Morgan fingerprint density at radius 3 is 3.03 bits per heavy atom. The fourth-order valence-corrected chi connectivity index (χ4v) is 4.34. The molecule has 1 atom stereocenters. The van der Waals surface area contributed by atoms with E-state index in [1.165, 1.54) is 0 Å². The zero-order valence-electron chi connectivity index (χ0n) is 16.6. The number of imidazole rings is 1. The van der Waals surface area contributed by atoms with E-state index in [4.69, 9.17) is 9.72 Å². The van der Waals surface area contributed by atoms with Gasteiger partial charge < -0.3 is 19.2 Å². The first kappa shape index (κ1) is 17.7. The van der Waals surface area contributed by atoms with E-state index in [0.29, 0.717) is 18.8 Å². The van der Waals surface area contributed by atoms with Crippen molar-refractivity contribution in [3.05, 3.63) is 54.1 Å². The van der Waals surface area contributed by atoms with Crippen molar-refractivity contribution in [2.24, 2.45) is 0 Å². The molecule has 1 N–H and O–H groups in total. The van der Waals surface area contributed by atoms with Crippen molar-refractivity contribution in [3.8, 4) is 5.75 Å². The van der Waals surface area contributed by atoms with Gasteiger partial charge in [0.15, 0.2) is 5.65 Å². The van der Waals surface area contributed by atoms with E-state index < -0.39 is 0 Å². The van der Waals surface area contributed by atoms with Gasteiger partial charge in [-0.25, -0.2) is 9.97 Å². The maximum absolute atomic E-state index is 13.2. The van der Waals surface area contributed by atoms with E-state index in [0.717, 1.165) is 46.5 Å². The first-order valence-electron chi connectivity index (χ1n) is 9.96. The number of nitrogens with zero attached hydrogens (tertiary/aromatic N) is 4. The number of nitrogens with one attached hydrogen (secondary N) is 1. The molecule has 1 fully saturated rings. The molecule has 1 amide bonds. The number of amides is 1. The number of ether oxygens (including phenoxy) is 1. The molecule has 5 rings (SSSR count). The Bertz CT molecular complexity index is 1210. The minimum absolute atomic E-state index is 0.0150. The minimum Gasteiger partial charge on any atom is -0.496 e. The number of carbonyl (C=O) groups excluding carboxylic acids is 1. The number of H-pyrrole nitrogens is 1. The van der Waals surface area contributed by atoms with Crippen LogP contribution in [-0.4, -0.2) is 50.5 Å². The number of aromatic nitrogens is 4. The maximum atomic E-state index is 13.2. The summed E-state index contributed by atoms with van der Waals surface area (Å²) in [5.74, 6) is 1.80. The number of aryl methyl sites for hydroxylation is 1. The van der Waals surface area contributed by atoms with Gasteiger partial charge in [-0.05, 0) is 36.8 Å². The molecule has 4 aromatic rings. The number of fused-ring (bicyclic) bond motifs is 2. The number of likely N-dealkylation sites (tertiary alicyclic amines) is 1. The third-order valence-electron chi connectivity index (χ3n) is 5.73. The van der Waals surface area contributed by atoms with Crippen molar-refractivity contribution < 1.29 is 9.53 Å². The van der Waals surface area contributed by atoms with Crippen molar-refractivity contribution in [1.82, 2.24) is 24.4 Å². The molecule has 1 aliphatic heterocycles. The Balaban J connectivity index is 1.43. The first-order chi connectivity index (χ1) is 14.2. The molecule has 1 aliphatic rings. The molecule has 29 heavy (non-hydrogen) atoms. The standard InChI is InChI=1S/C22H23N5O2/c1-3-20-25-17-7-5-10-23-21(17)27(20)14-9-11-26(13-14)22(28)18-12-15-16(24-18)6-4-8-19(15)29-2/h4-8,10,12,14,24H,3,9,11,13H2,1-2H3/t14-/m1/s1. The zero-order chi connectivity index (χ0) is 20.0. The predicted molar refractivity (Wildman–Crippen MR) is 111 cm³/mol. The smallest absolute Gasteiger partial charge is 0.270 e. The SMILES string of the molecule is CCc1nc2cccnc2n1[C@@H]1CCN(C(=O)c2cc3c(OC)cccc3[nH]2)C1. The fourth-order valence-electron chi connectivity index (χ4n) is 4.34. The van der Waals surface area contributed by atoms with Crippen LogP contribution in [0.1, 0.15) is 35.7 Å². The molecule has 4 heterocycles. The molecule has 3 aromatic heterocycles. The molecule has 0 aliphatic carbocycles. The van der Waals surface area contributed by atoms with Gasteiger partial charge in [-0.1, -0.05) is 13.0 Å². The van der Waals surface area contributed by atoms with Crippen LogP contribution in [0.25, 0.3) is 22.1 Å². The fraction of sp³-hybridized carbons (Fsp3) is 0.318. The molecular formula is C22H23N5O2. The largest absolute Gasteiger partial charge is 0.496 e. The van der Waals surface area contributed by atoms with Crippen LogP contribution in [0.3, 0.4) is 0 Å². The second-order valence-electron chi connectivity index (χ2n) is 7.40. The van der Waals surface area contributed by atoms with E-state index in [1.54, 1.807) is 13.3 Å². The summed E-state index contributed by atoms with van der Waals surface area (Å²) in [6, 6.07) is 11.8. The molecule has 0 radical (unpaired) electrons. The van der Waals surface area contributed by atoms with E-state index >= 15 is 0 Å². The lowest BCUT2D eigenvalue weighted by atomic mass is 10.2. The molecule has 0 unspecified atom stereocenters. The van der Waals surface area contributed by atoms with Gasteiger partial charge >= 0.3 is 0 Å². The van der Waals surface area contributed by atoms with Crippen LogP contribution in [0.2, 0.25) is 0 Å². The summed E-state index contributed by atoms with van der Waals surface area (Å²) in [7, 11) is 1.64. The van der Waals surface area contributed by atoms with E-state index in [1.807, 2.05) is 41.3 Å². The number of hydrogen-bond acceptors (Lipinski definition) is 4. The van der Waals surface area contributed by atoms with Crippen molar-refractivity contribution in [2.45, 2.75) is 25.8 Å². The van der Waals surface area contributed by atoms with Crippen LogP contribution in [-0.2, 0) is 6.42 Å². The summed E-state index contributed by atoms with van der Waals surface area (Å²) in [4.78, 5) is 27.6. The van der Waals surface area contributed by atoms with Crippen LogP contribution in [0, 0.1) is 0 Å². The molecule has 0 spiro atoms. The summed E-state index contributed by atoms with van der Waals surface area (Å²) in [6.45, 7) is 3.47. The second kappa shape index (κ2) is 6.92. The van der Waals surface area contributed by atoms with Crippen molar-refractivity contribution in [1.29, 1.82) is 0 Å². The van der Waals surface area contributed by atoms with Gasteiger partial charge in [-0.15, -0.1) is 0 Å². The lowest BCUT2D eigenvalue weighted by molar-refractivity contribution is 0.0783. The highest BCUT2D eigenvalue weighted by Crippen LogP contribution is 2.30. The van der Waals surface area contributed by atoms with Crippen molar-refractivity contribution in [3.63, 3.8) is 0 Å². The van der Waals surface area contributed by atoms with E-state index in [9.17, 15) is 4.79 Å². The van der Waals surface area contributed by atoms with Gasteiger partial charge in [-0.2, -0.15) is 0 Å². The Morgan fingerprint density at radius 1 is 1.31 bits per heavy atom. The number of methoxy groups -OCH3 is 1. The molecule has 1 saturated heterocycles. The lowest BCUT2D eigenvalue weighted by Gasteiger charge is -2.18. The van der Waals surface area contributed by atoms with E-state index in [-0.39, 0.29) is 11.9 Å². The number of aromatic amines is 1. The molecule has 7 nitrogen and oxygen atoms in total. The van der Waals surface area contributed by atoms with Crippen molar-refractivity contribution in [2.75, 3.05) is 20.2 Å². The summed E-state index contributed by atoms with van der Waals surface area (Å²) in [5.41, 5.74) is 3.31. The van der Waals surface area contributed by atoms with Crippen LogP contribution in [0.5, 0.6) is 5.75 Å². The van der Waals surface area contributed by atoms with Gasteiger partial charge in [0.05, 0.1) is 13.2 Å². The van der Waals surface area contributed by atoms with Crippen LogP contribution in [0.15, 0.2) is 42.6 Å². The van der Waals surface area contributed by atoms with Crippen molar-refractivity contribution >= 4 is 28.0 Å². The molecule has 148 valence electrons. The van der Waals surface area contributed by atoms with Gasteiger partial charge in [0.1, 0.15) is 22.8 Å². The Labute approximate surface area is 168 Å². The molecule has 7 heteroatoms. The maximum Gasteiger partial charge on any atom is 0.270 e. The molecule has 0 saturated carbocycles. The third-order valence-corrected chi connectivity index (χ3v) is 5.73. The van der Waals surface area contributed by atoms with Crippen LogP contribution >= 0.6 is 0 Å².